The molecule has 6 nitrogen and oxygen atoms in total. The Labute approximate surface area is 186 Å². The molecule has 1 aliphatic rings. The average molecular weight is 435 g/mol. The predicted molar refractivity (Wildman–Crippen MR) is 123 cm³/mol. The second-order valence-electron chi connectivity index (χ2n) is 7.30. The molecule has 1 amide bonds. The maximum Gasteiger partial charge on any atom is 0.224 e. The third kappa shape index (κ3) is 5.61. The number of pyridine rings is 1. The van der Waals surface area contributed by atoms with E-state index in [-0.39, 0.29) is 5.91 Å². The molecule has 0 saturated heterocycles. The lowest BCUT2D eigenvalue weighted by molar-refractivity contribution is -0.116. The molecule has 1 aromatic heterocycles. The molecule has 0 spiro atoms. The van der Waals surface area contributed by atoms with Gasteiger partial charge in [-0.05, 0) is 60.9 Å². The molecule has 1 aliphatic heterocycles. The second kappa shape index (κ2) is 9.62. The number of hydrogen-bond donors (Lipinski definition) is 2. The molecule has 2 heterocycles. The lowest BCUT2D eigenvalue weighted by atomic mass is 10.1. The van der Waals surface area contributed by atoms with E-state index >= 15 is 0 Å². The number of aliphatic imine (C=N–C) groups is 1. The zero-order valence-electron chi connectivity index (χ0n) is 17.2. The van der Waals surface area contributed by atoms with Crippen molar-refractivity contribution in [2.24, 2.45) is 4.99 Å². The van der Waals surface area contributed by atoms with E-state index in [1.165, 1.54) is 0 Å². The van der Waals surface area contributed by atoms with E-state index in [1.54, 1.807) is 18.3 Å². The maximum absolute atomic E-state index is 12.3. The number of rotatable bonds is 7. The summed E-state index contributed by atoms with van der Waals surface area (Å²) in [5.41, 5.74) is 3.47. The van der Waals surface area contributed by atoms with Crippen LogP contribution in [0.4, 0.5) is 5.69 Å². The van der Waals surface area contributed by atoms with Crippen molar-refractivity contribution >= 4 is 29.0 Å². The SMILES string of the molecule is Cc1cc(NC(=O)CCc2cccc(Oc3ccnc(C4=NCCN4)c3)c2)ccc1Cl. The van der Waals surface area contributed by atoms with Crippen molar-refractivity contribution in [3.8, 4) is 11.5 Å². The topological polar surface area (TPSA) is 75.6 Å². The summed E-state index contributed by atoms with van der Waals surface area (Å²) in [5.74, 6) is 2.15. The lowest BCUT2D eigenvalue weighted by Crippen LogP contribution is -2.20. The highest BCUT2D eigenvalue weighted by Gasteiger charge is 2.11. The van der Waals surface area contributed by atoms with Crippen molar-refractivity contribution in [2.45, 2.75) is 19.8 Å². The van der Waals surface area contributed by atoms with Crippen LogP contribution in [0.3, 0.4) is 0 Å². The van der Waals surface area contributed by atoms with Gasteiger partial charge in [0.2, 0.25) is 5.91 Å². The number of hydrogen-bond acceptors (Lipinski definition) is 5. The Kier molecular flexibility index (Phi) is 6.48. The Hall–Kier alpha value is -3.38. The van der Waals surface area contributed by atoms with E-state index in [0.29, 0.717) is 29.4 Å². The van der Waals surface area contributed by atoms with Gasteiger partial charge >= 0.3 is 0 Å². The van der Waals surface area contributed by atoms with Gasteiger partial charge < -0.3 is 15.4 Å². The van der Waals surface area contributed by atoms with Gasteiger partial charge in [0, 0.05) is 35.9 Å². The van der Waals surface area contributed by atoms with Gasteiger partial charge in [0.1, 0.15) is 23.0 Å². The largest absolute Gasteiger partial charge is 0.457 e. The molecule has 158 valence electrons. The summed E-state index contributed by atoms with van der Waals surface area (Å²) in [4.78, 5) is 21.1. The van der Waals surface area contributed by atoms with E-state index in [1.807, 2.05) is 49.4 Å². The van der Waals surface area contributed by atoms with Crippen molar-refractivity contribution in [3.63, 3.8) is 0 Å². The van der Waals surface area contributed by atoms with Gasteiger partial charge in [0.25, 0.3) is 0 Å². The molecule has 3 aromatic rings. The van der Waals surface area contributed by atoms with Crippen LogP contribution in [-0.2, 0) is 11.2 Å². The molecule has 7 heteroatoms. The van der Waals surface area contributed by atoms with Gasteiger partial charge in [-0.25, -0.2) is 0 Å². The van der Waals surface area contributed by atoms with Gasteiger partial charge in [0.15, 0.2) is 0 Å². The normalized spacial score (nSPS) is 12.8. The Morgan fingerprint density at radius 3 is 2.84 bits per heavy atom. The highest BCUT2D eigenvalue weighted by Crippen LogP contribution is 2.24. The van der Waals surface area contributed by atoms with E-state index in [2.05, 4.69) is 20.6 Å². The van der Waals surface area contributed by atoms with E-state index in [4.69, 9.17) is 16.3 Å². The lowest BCUT2D eigenvalue weighted by Gasteiger charge is -2.10. The molecule has 0 unspecified atom stereocenters. The minimum absolute atomic E-state index is 0.0448. The standard InChI is InChI=1S/C24H23ClN4O2/c1-16-13-18(6-7-21(16)25)29-23(30)8-5-17-3-2-4-19(14-17)31-20-9-10-26-22(15-20)24-27-11-12-28-24/h2-4,6-7,9-10,13-15H,5,8,11-12H2,1H3,(H,27,28)(H,29,30). The van der Waals surface area contributed by atoms with Crippen molar-refractivity contribution in [3.05, 3.63) is 82.6 Å². The van der Waals surface area contributed by atoms with E-state index in [0.717, 1.165) is 41.4 Å². The first-order chi connectivity index (χ1) is 15.1. The monoisotopic (exact) mass is 434 g/mol. The summed E-state index contributed by atoms with van der Waals surface area (Å²) < 4.78 is 6.01. The zero-order chi connectivity index (χ0) is 21.6. The first-order valence-corrected chi connectivity index (χ1v) is 10.5. The predicted octanol–water partition coefficient (Wildman–Crippen LogP) is 4.76. The molecular weight excluding hydrogens is 412 g/mol. The minimum Gasteiger partial charge on any atom is -0.457 e. The first kappa shape index (κ1) is 20.9. The van der Waals surface area contributed by atoms with Crippen LogP contribution < -0.4 is 15.4 Å². The van der Waals surface area contributed by atoms with Crippen molar-refractivity contribution in [1.29, 1.82) is 0 Å². The molecular formula is C24H23ClN4O2. The van der Waals surface area contributed by atoms with Gasteiger partial charge in [-0.2, -0.15) is 0 Å². The summed E-state index contributed by atoms with van der Waals surface area (Å²) in [7, 11) is 0. The fourth-order valence-electron chi connectivity index (χ4n) is 3.28. The molecule has 0 fully saturated rings. The van der Waals surface area contributed by atoms with E-state index in [9.17, 15) is 4.79 Å². The highest BCUT2D eigenvalue weighted by molar-refractivity contribution is 6.31. The Bertz CT molecular complexity index is 1130. The van der Waals surface area contributed by atoms with Crippen LogP contribution in [-0.4, -0.2) is 29.8 Å². The van der Waals surface area contributed by atoms with E-state index < -0.39 is 0 Å². The van der Waals surface area contributed by atoms with Crippen LogP contribution in [0, 0.1) is 6.92 Å². The van der Waals surface area contributed by atoms with Crippen molar-refractivity contribution in [1.82, 2.24) is 10.3 Å². The number of aromatic nitrogens is 1. The summed E-state index contributed by atoms with van der Waals surface area (Å²) in [5, 5.41) is 6.81. The Balaban J connectivity index is 1.35. The van der Waals surface area contributed by atoms with Crippen molar-refractivity contribution < 1.29 is 9.53 Å². The third-order valence-electron chi connectivity index (χ3n) is 4.86. The summed E-state index contributed by atoms with van der Waals surface area (Å²) in [6, 6.07) is 16.9. The smallest absolute Gasteiger partial charge is 0.224 e. The number of benzene rings is 2. The van der Waals surface area contributed by atoms with Crippen LogP contribution in [0.2, 0.25) is 5.02 Å². The number of amidine groups is 1. The molecule has 4 rings (SSSR count). The van der Waals surface area contributed by atoms with Crippen molar-refractivity contribution in [2.75, 3.05) is 18.4 Å². The maximum atomic E-state index is 12.3. The summed E-state index contributed by atoms with van der Waals surface area (Å²) in [6.07, 6.45) is 2.69. The average Bonchev–Trinajstić information content (AvgIpc) is 3.31. The van der Waals surface area contributed by atoms with Crippen LogP contribution in [0.25, 0.3) is 0 Å². The van der Waals surface area contributed by atoms with Crippen LogP contribution in [0.5, 0.6) is 11.5 Å². The number of nitrogens with zero attached hydrogens (tertiary/aromatic N) is 2. The minimum atomic E-state index is -0.0448. The van der Waals surface area contributed by atoms with Gasteiger partial charge in [-0.3, -0.25) is 14.8 Å². The number of carbonyl (C=O) groups excluding carboxylic acids is 1. The quantitative estimate of drug-likeness (QED) is 0.562. The number of ether oxygens (including phenoxy) is 1. The Morgan fingerprint density at radius 1 is 1.16 bits per heavy atom. The third-order valence-corrected chi connectivity index (χ3v) is 5.29. The first-order valence-electron chi connectivity index (χ1n) is 10.1. The number of nitrogens with one attached hydrogen (secondary N) is 2. The summed E-state index contributed by atoms with van der Waals surface area (Å²) in [6.45, 7) is 3.50. The summed E-state index contributed by atoms with van der Waals surface area (Å²) >= 11 is 6.04. The van der Waals surface area contributed by atoms with Gasteiger partial charge in [-0.1, -0.05) is 23.7 Å². The van der Waals surface area contributed by atoms with Crippen LogP contribution in [0.1, 0.15) is 23.2 Å². The van der Waals surface area contributed by atoms with Crippen LogP contribution >= 0.6 is 11.6 Å². The molecule has 31 heavy (non-hydrogen) atoms. The van der Waals surface area contributed by atoms with Crippen LogP contribution in [0.15, 0.2) is 65.8 Å². The molecule has 0 atom stereocenters. The molecule has 0 aliphatic carbocycles. The molecule has 0 saturated carbocycles. The number of aryl methyl sites for hydroxylation is 2. The Morgan fingerprint density at radius 2 is 2.03 bits per heavy atom. The second-order valence-corrected chi connectivity index (χ2v) is 7.70. The fourth-order valence-corrected chi connectivity index (χ4v) is 3.40. The number of halogens is 1. The number of amides is 1. The zero-order valence-corrected chi connectivity index (χ0v) is 17.9. The number of anilines is 1. The molecule has 2 N–H and O–H groups in total. The molecule has 2 aromatic carbocycles. The molecule has 0 bridgehead atoms. The van der Waals surface area contributed by atoms with Gasteiger partial charge in [0.05, 0.1) is 6.54 Å². The fraction of sp³-hybridized carbons (Fsp3) is 0.208. The van der Waals surface area contributed by atoms with Gasteiger partial charge in [-0.15, -0.1) is 0 Å². The highest BCUT2D eigenvalue weighted by atomic mass is 35.5. The molecule has 0 radical (unpaired) electrons. The number of carbonyl (C=O) groups is 1.